The molecule has 17 heavy (non-hydrogen) atoms. The average Bonchev–Trinajstić information content (AvgIpc) is 2.92. The molecule has 1 saturated heterocycles. The minimum atomic E-state index is -0.432. The molecule has 0 radical (unpaired) electrons. The number of hydrogen-bond donors (Lipinski definition) is 1. The molecule has 1 aliphatic heterocycles. The fourth-order valence-electron chi connectivity index (χ4n) is 1.95. The number of rotatable bonds is 2. The van der Waals surface area contributed by atoms with E-state index >= 15 is 0 Å². The summed E-state index contributed by atoms with van der Waals surface area (Å²) in [5, 5.41) is 3.21. The Balaban J connectivity index is 2.07. The van der Waals surface area contributed by atoms with Gasteiger partial charge in [0.05, 0.1) is 5.54 Å². The molecule has 1 fully saturated rings. The Morgan fingerprint density at radius 2 is 1.88 bits per heavy atom. The number of carbonyl (C=O) groups excluding carboxylic acids is 1. The van der Waals surface area contributed by atoms with Gasteiger partial charge >= 0.3 is 5.97 Å². The molecule has 0 unspecified atom stereocenters. The second-order valence-corrected chi connectivity index (χ2v) is 5.68. The van der Waals surface area contributed by atoms with Gasteiger partial charge in [0.15, 0.2) is 0 Å². The predicted molar refractivity (Wildman–Crippen MR) is 66.6 cm³/mol. The zero-order chi connectivity index (χ0) is 12.7. The second-order valence-electron chi connectivity index (χ2n) is 5.68. The van der Waals surface area contributed by atoms with Crippen molar-refractivity contribution in [2.45, 2.75) is 44.9 Å². The van der Waals surface area contributed by atoms with Crippen LogP contribution in [0.5, 0.6) is 0 Å². The van der Waals surface area contributed by atoms with Crippen LogP contribution in [0, 0.1) is 0 Å². The Morgan fingerprint density at radius 1 is 1.29 bits per heavy atom. The van der Waals surface area contributed by atoms with Crippen LogP contribution in [-0.2, 0) is 15.1 Å². The SMILES string of the molecule is CC(C)(C)OC(=O)[C@@H]1N[C@]1(C)c1ccccc1. The highest BCUT2D eigenvalue weighted by molar-refractivity contribution is 5.82. The van der Waals surface area contributed by atoms with E-state index in [2.05, 4.69) is 5.32 Å². The van der Waals surface area contributed by atoms with Crippen molar-refractivity contribution in [1.29, 1.82) is 0 Å². The van der Waals surface area contributed by atoms with Gasteiger partial charge in [-0.3, -0.25) is 10.1 Å². The van der Waals surface area contributed by atoms with Crippen molar-refractivity contribution in [1.82, 2.24) is 5.32 Å². The largest absolute Gasteiger partial charge is 0.459 e. The van der Waals surface area contributed by atoms with E-state index in [1.54, 1.807) is 0 Å². The van der Waals surface area contributed by atoms with E-state index in [0.29, 0.717) is 0 Å². The summed E-state index contributed by atoms with van der Waals surface area (Å²) in [6.45, 7) is 7.67. The summed E-state index contributed by atoms with van der Waals surface area (Å²) in [6.07, 6.45) is 0. The first kappa shape index (κ1) is 12.1. The van der Waals surface area contributed by atoms with Crippen LogP contribution in [-0.4, -0.2) is 17.6 Å². The van der Waals surface area contributed by atoms with Crippen LogP contribution < -0.4 is 5.32 Å². The van der Waals surface area contributed by atoms with Crippen molar-refractivity contribution < 1.29 is 9.53 Å². The van der Waals surface area contributed by atoms with Gasteiger partial charge in [-0.15, -0.1) is 0 Å². The van der Waals surface area contributed by atoms with Crippen LogP contribution in [0.3, 0.4) is 0 Å². The lowest BCUT2D eigenvalue weighted by Crippen LogP contribution is -2.29. The Hall–Kier alpha value is -1.35. The molecule has 3 heteroatoms. The molecule has 92 valence electrons. The molecule has 2 rings (SSSR count). The third-order valence-electron chi connectivity index (χ3n) is 2.95. The van der Waals surface area contributed by atoms with E-state index in [0.717, 1.165) is 5.56 Å². The van der Waals surface area contributed by atoms with Crippen LogP contribution in [0.4, 0.5) is 0 Å². The first-order chi connectivity index (χ1) is 7.83. The van der Waals surface area contributed by atoms with Crippen molar-refractivity contribution in [2.75, 3.05) is 0 Å². The number of ether oxygens (including phenoxy) is 1. The van der Waals surface area contributed by atoms with Crippen molar-refractivity contribution in [3.63, 3.8) is 0 Å². The molecular formula is C14H19NO2. The average molecular weight is 233 g/mol. The Bertz CT molecular complexity index is 422. The van der Waals surface area contributed by atoms with Gasteiger partial charge in [-0.1, -0.05) is 30.3 Å². The van der Waals surface area contributed by atoms with Gasteiger partial charge in [0.1, 0.15) is 11.6 Å². The molecule has 0 aromatic heterocycles. The van der Waals surface area contributed by atoms with Crippen LogP contribution in [0.25, 0.3) is 0 Å². The molecular weight excluding hydrogens is 214 g/mol. The van der Waals surface area contributed by atoms with Crippen molar-refractivity contribution in [3.8, 4) is 0 Å². The number of esters is 1. The quantitative estimate of drug-likeness (QED) is 0.629. The van der Waals surface area contributed by atoms with E-state index in [4.69, 9.17) is 4.74 Å². The van der Waals surface area contributed by atoms with E-state index < -0.39 is 5.60 Å². The molecule has 1 aromatic rings. The maximum Gasteiger partial charge on any atom is 0.325 e. The van der Waals surface area contributed by atoms with E-state index in [-0.39, 0.29) is 17.6 Å². The van der Waals surface area contributed by atoms with Gasteiger partial charge in [-0.2, -0.15) is 0 Å². The molecule has 1 N–H and O–H groups in total. The molecule has 1 aromatic carbocycles. The lowest BCUT2D eigenvalue weighted by molar-refractivity contribution is -0.154. The van der Waals surface area contributed by atoms with Gasteiger partial charge in [0, 0.05) is 0 Å². The molecule has 0 saturated carbocycles. The maximum absolute atomic E-state index is 11.9. The highest BCUT2D eigenvalue weighted by Crippen LogP contribution is 2.38. The van der Waals surface area contributed by atoms with Crippen molar-refractivity contribution in [2.24, 2.45) is 0 Å². The lowest BCUT2D eigenvalue weighted by atomic mass is 9.97. The first-order valence-electron chi connectivity index (χ1n) is 5.89. The summed E-state index contributed by atoms with van der Waals surface area (Å²) in [6, 6.07) is 9.75. The van der Waals surface area contributed by atoms with Gasteiger partial charge in [0.2, 0.25) is 0 Å². The summed E-state index contributed by atoms with van der Waals surface area (Å²) in [5.41, 5.74) is 0.415. The molecule has 2 atom stereocenters. The summed E-state index contributed by atoms with van der Waals surface area (Å²) < 4.78 is 5.38. The van der Waals surface area contributed by atoms with Gasteiger partial charge in [-0.25, -0.2) is 0 Å². The van der Waals surface area contributed by atoms with Gasteiger partial charge in [-0.05, 0) is 33.3 Å². The summed E-state index contributed by atoms with van der Waals surface area (Å²) in [5.74, 6) is -0.177. The summed E-state index contributed by atoms with van der Waals surface area (Å²) in [7, 11) is 0. The van der Waals surface area contributed by atoms with Crippen molar-refractivity contribution >= 4 is 5.97 Å². The Kier molecular flexibility index (Phi) is 2.74. The molecule has 3 nitrogen and oxygen atoms in total. The monoisotopic (exact) mass is 233 g/mol. The lowest BCUT2D eigenvalue weighted by Gasteiger charge is -2.19. The predicted octanol–water partition coefficient (Wildman–Crippen LogP) is 2.22. The molecule has 1 aliphatic rings. The topological polar surface area (TPSA) is 48.2 Å². The third-order valence-corrected chi connectivity index (χ3v) is 2.95. The van der Waals surface area contributed by atoms with Gasteiger partial charge in [0.25, 0.3) is 0 Å². The second kappa shape index (κ2) is 3.84. The number of nitrogens with one attached hydrogen (secondary N) is 1. The van der Waals surface area contributed by atoms with Gasteiger partial charge < -0.3 is 4.74 Å². The Morgan fingerprint density at radius 3 is 2.41 bits per heavy atom. The van der Waals surface area contributed by atoms with Crippen molar-refractivity contribution in [3.05, 3.63) is 35.9 Å². The molecule has 1 heterocycles. The minimum absolute atomic E-state index is 0.177. The fourth-order valence-corrected chi connectivity index (χ4v) is 1.95. The fraction of sp³-hybridized carbons (Fsp3) is 0.500. The zero-order valence-corrected chi connectivity index (χ0v) is 10.8. The van der Waals surface area contributed by atoms with E-state index in [9.17, 15) is 4.79 Å². The van der Waals surface area contributed by atoms with Crippen LogP contribution in [0.15, 0.2) is 30.3 Å². The Labute approximate surface area is 102 Å². The number of carbonyl (C=O) groups is 1. The third kappa shape index (κ3) is 2.50. The van der Waals surface area contributed by atoms with Crippen LogP contribution in [0.2, 0.25) is 0 Å². The van der Waals surface area contributed by atoms with Crippen LogP contribution >= 0.6 is 0 Å². The molecule has 0 spiro atoms. The number of hydrogen-bond acceptors (Lipinski definition) is 3. The molecule has 0 bridgehead atoms. The molecule has 0 aliphatic carbocycles. The standard InChI is InChI=1S/C14H19NO2/c1-13(2,3)17-12(16)11-14(4,15-11)10-8-6-5-7-9-10/h5-9,11,15H,1-4H3/t11-,14+/m0/s1. The van der Waals surface area contributed by atoms with E-state index in [1.165, 1.54) is 0 Å². The summed E-state index contributed by atoms with van der Waals surface area (Å²) >= 11 is 0. The van der Waals surface area contributed by atoms with Crippen LogP contribution in [0.1, 0.15) is 33.3 Å². The first-order valence-corrected chi connectivity index (χ1v) is 5.89. The number of benzene rings is 1. The molecule has 0 amide bonds. The zero-order valence-electron chi connectivity index (χ0n) is 10.8. The summed E-state index contributed by atoms with van der Waals surface area (Å²) in [4.78, 5) is 11.9. The highest BCUT2D eigenvalue weighted by Gasteiger charge is 2.56. The minimum Gasteiger partial charge on any atom is -0.459 e. The normalized spacial score (nSPS) is 27.6. The highest BCUT2D eigenvalue weighted by atomic mass is 16.6. The van der Waals surface area contributed by atoms with E-state index in [1.807, 2.05) is 58.0 Å². The smallest absolute Gasteiger partial charge is 0.325 e. The maximum atomic E-state index is 11.9.